The van der Waals surface area contributed by atoms with E-state index in [4.69, 9.17) is 23.2 Å². The van der Waals surface area contributed by atoms with Gasteiger partial charge in [-0.3, -0.25) is 4.57 Å². The van der Waals surface area contributed by atoms with E-state index in [1.165, 1.54) is 42.6 Å². The van der Waals surface area contributed by atoms with Crippen molar-refractivity contribution in [2.75, 3.05) is 0 Å². The number of rotatable bonds is 8. The van der Waals surface area contributed by atoms with Crippen molar-refractivity contribution < 1.29 is 28.2 Å². The van der Waals surface area contributed by atoms with Gasteiger partial charge in [0.25, 0.3) is 0 Å². The van der Waals surface area contributed by atoms with Crippen LogP contribution in [-0.2, 0) is 17.9 Å². The van der Waals surface area contributed by atoms with Crippen molar-refractivity contribution in [1.29, 1.82) is 0 Å². The van der Waals surface area contributed by atoms with Crippen LogP contribution in [0.1, 0.15) is 17.3 Å². The zero-order valence-corrected chi connectivity index (χ0v) is 20.1. The summed E-state index contributed by atoms with van der Waals surface area (Å²) in [6.45, 7) is -1.44. The summed E-state index contributed by atoms with van der Waals surface area (Å²) in [6, 6.07) is 10.8. The second-order valence-corrected chi connectivity index (χ2v) is 8.73. The molecule has 2 unspecified atom stereocenters. The van der Waals surface area contributed by atoms with Crippen LogP contribution in [0.5, 0.6) is 0 Å². The predicted octanol–water partition coefficient (Wildman–Crippen LogP) is 3.26. The molecule has 0 aliphatic heterocycles. The van der Waals surface area contributed by atoms with Gasteiger partial charge in [0.2, 0.25) is 0 Å². The Kier molecular flexibility index (Phi) is 7.39. The monoisotopic (exact) mass is 556 g/mol. The van der Waals surface area contributed by atoms with Gasteiger partial charge in [-0.1, -0.05) is 46.6 Å². The van der Waals surface area contributed by atoms with Crippen molar-refractivity contribution in [3.8, 4) is 11.4 Å². The molecule has 10 nitrogen and oxygen atoms in total. The van der Waals surface area contributed by atoms with Gasteiger partial charge in [0.05, 0.1) is 19.3 Å². The molecular formula is C22H17Cl2F3N6O4. The van der Waals surface area contributed by atoms with E-state index >= 15 is 0 Å². The van der Waals surface area contributed by atoms with Crippen LogP contribution in [0.4, 0.5) is 13.2 Å². The molecule has 2 aromatic carbocycles. The molecule has 0 fully saturated rings. The summed E-state index contributed by atoms with van der Waals surface area (Å²) >= 11 is 12.0. The van der Waals surface area contributed by atoms with Crippen molar-refractivity contribution >= 4 is 29.2 Å². The van der Waals surface area contributed by atoms with Crippen LogP contribution in [0.2, 0.25) is 10.0 Å². The fraction of sp³-hybridized carbons (Fsp3) is 0.227. The summed E-state index contributed by atoms with van der Waals surface area (Å²) in [5.74, 6) is -1.41. The van der Waals surface area contributed by atoms with Crippen LogP contribution < -0.4 is 5.69 Å². The van der Waals surface area contributed by atoms with Gasteiger partial charge < -0.3 is 10.2 Å². The molecule has 37 heavy (non-hydrogen) atoms. The zero-order chi connectivity index (χ0) is 26.9. The number of aliphatic hydroxyl groups excluding tert-OH is 1. The second-order valence-electron chi connectivity index (χ2n) is 7.89. The number of alkyl halides is 3. The average molecular weight is 557 g/mol. The minimum absolute atomic E-state index is 0.101. The third-order valence-corrected chi connectivity index (χ3v) is 5.92. The standard InChI is InChI=1S/C22H17Cl2F3N6O4/c23-13-7-5-12(6-8-13)19-29-33(21(37)31(19)11-17(34)22(25,26)27)10-14-9-32(30-28-14)18(20(35)36)15-3-1-2-4-16(15)24/h1-9,17-18,34H,10-11H2,(H,35,36). The molecule has 0 spiro atoms. The van der Waals surface area contributed by atoms with E-state index < -0.39 is 36.5 Å². The highest BCUT2D eigenvalue weighted by atomic mass is 35.5. The largest absolute Gasteiger partial charge is 0.479 e. The Hall–Kier alpha value is -3.68. The molecule has 15 heteroatoms. The lowest BCUT2D eigenvalue weighted by atomic mass is 10.1. The molecule has 0 amide bonds. The maximum absolute atomic E-state index is 13.0. The van der Waals surface area contributed by atoms with Crippen molar-refractivity contribution in [2.24, 2.45) is 0 Å². The Balaban J connectivity index is 1.70. The van der Waals surface area contributed by atoms with Crippen LogP contribution in [0.3, 0.4) is 0 Å². The summed E-state index contributed by atoms with van der Waals surface area (Å²) in [7, 11) is 0. The fourth-order valence-corrected chi connectivity index (χ4v) is 3.91. The average Bonchev–Trinajstić information content (AvgIpc) is 3.40. The molecule has 0 saturated heterocycles. The summed E-state index contributed by atoms with van der Waals surface area (Å²) in [5.41, 5.74) is -0.323. The number of carbonyl (C=O) groups is 1. The van der Waals surface area contributed by atoms with Gasteiger partial charge in [-0.05, 0) is 30.3 Å². The highest BCUT2D eigenvalue weighted by Gasteiger charge is 2.39. The quantitative estimate of drug-likeness (QED) is 0.341. The molecule has 4 aromatic rings. The van der Waals surface area contributed by atoms with E-state index in [0.717, 1.165) is 9.36 Å². The van der Waals surface area contributed by atoms with Crippen molar-refractivity contribution in [1.82, 2.24) is 29.3 Å². The molecule has 0 aliphatic rings. The molecule has 4 rings (SSSR count). The van der Waals surface area contributed by atoms with Crippen molar-refractivity contribution in [3.63, 3.8) is 0 Å². The number of carboxylic acid groups (broad SMARTS) is 1. The third-order valence-electron chi connectivity index (χ3n) is 5.33. The Bertz CT molecular complexity index is 1480. The zero-order valence-electron chi connectivity index (χ0n) is 18.5. The van der Waals surface area contributed by atoms with Crippen LogP contribution in [-0.4, -0.2) is 57.8 Å². The number of hydrogen-bond acceptors (Lipinski definition) is 6. The van der Waals surface area contributed by atoms with Crippen molar-refractivity contribution in [2.45, 2.75) is 31.4 Å². The predicted molar refractivity (Wildman–Crippen MR) is 125 cm³/mol. The van der Waals surface area contributed by atoms with Crippen LogP contribution in [0, 0.1) is 0 Å². The Labute approximate surface area is 216 Å². The van der Waals surface area contributed by atoms with E-state index in [1.54, 1.807) is 12.1 Å². The molecule has 0 bridgehead atoms. The molecule has 2 heterocycles. The smallest absolute Gasteiger partial charge is 0.416 e. The maximum Gasteiger partial charge on any atom is 0.416 e. The van der Waals surface area contributed by atoms with Gasteiger partial charge in [-0.15, -0.1) is 10.2 Å². The number of halogens is 5. The minimum Gasteiger partial charge on any atom is -0.479 e. The van der Waals surface area contributed by atoms with E-state index in [1.807, 2.05) is 0 Å². The number of aliphatic hydroxyl groups is 1. The van der Waals surface area contributed by atoms with E-state index in [2.05, 4.69) is 15.4 Å². The lowest BCUT2D eigenvalue weighted by molar-refractivity contribution is -0.207. The molecular weight excluding hydrogens is 540 g/mol. The van der Waals surface area contributed by atoms with Gasteiger partial charge >= 0.3 is 17.8 Å². The Morgan fingerprint density at radius 1 is 1.08 bits per heavy atom. The Morgan fingerprint density at radius 2 is 1.76 bits per heavy atom. The first-order valence-corrected chi connectivity index (χ1v) is 11.3. The lowest BCUT2D eigenvalue weighted by Crippen LogP contribution is -2.37. The first-order chi connectivity index (χ1) is 17.5. The number of benzene rings is 2. The second kappa shape index (κ2) is 10.4. The first-order valence-electron chi connectivity index (χ1n) is 10.5. The van der Waals surface area contributed by atoms with Crippen LogP contribution in [0.15, 0.2) is 59.5 Å². The summed E-state index contributed by atoms with van der Waals surface area (Å²) < 4.78 is 41.7. The van der Waals surface area contributed by atoms with E-state index in [0.29, 0.717) is 9.59 Å². The van der Waals surface area contributed by atoms with Gasteiger partial charge in [-0.2, -0.15) is 13.2 Å². The van der Waals surface area contributed by atoms with Gasteiger partial charge in [0, 0.05) is 21.2 Å². The summed E-state index contributed by atoms with van der Waals surface area (Å²) in [6.07, 6.45) is -6.52. The summed E-state index contributed by atoms with van der Waals surface area (Å²) in [4.78, 5) is 24.9. The lowest BCUT2D eigenvalue weighted by Gasteiger charge is -2.15. The molecule has 2 N–H and O–H groups in total. The topological polar surface area (TPSA) is 128 Å². The Morgan fingerprint density at radius 3 is 2.38 bits per heavy atom. The van der Waals surface area contributed by atoms with Gasteiger partial charge in [0.1, 0.15) is 5.69 Å². The highest BCUT2D eigenvalue weighted by molar-refractivity contribution is 6.31. The van der Waals surface area contributed by atoms with Crippen LogP contribution >= 0.6 is 23.2 Å². The molecule has 2 atom stereocenters. The minimum atomic E-state index is -4.97. The molecule has 0 aliphatic carbocycles. The maximum atomic E-state index is 13.0. The van der Waals surface area contributed by atoms with Crippen LogP contribution in [0.25, 0.3) is 11.4 Å². The van der Waals surface area contributed by atoms with E-state index in [-0.39, 0.29) is 34.2 Å². The SMILES string of the molecule is O=C(O)C(c1ccccc1Cl)n1cc(Cn2nc(-c3ccc(Cl)cc3)n(CC(O)C(F)(F)F)c2=O)nn1. The van der Waals surface area contributed by atoms with Gasteiger partial charge in [0.15, 0.2) is 18.0 Å². The number of nitrogens with zero attached hydrogens (tertiary/aromatic N) is 6. The molecule has 194 valence electrons. The molecule has 2 aromatic heterocycles. The number of aliphatic carboxylic acids is 1. The third kappa shape index (κ3) is 5.68. The summed E-state index contributed by atoms with van der Waals surface area (Å²) in [5, 5.41) is 31.7. The number of hydrogen-bond donors (Lipinski definition) is 2. The van der Waals surface area contributed by atoms with E-state index in [9.17, 15) is 33.0 Å². The first kappa shape index (κ1) is 26.4. The van der Waals surface area contributed by atoms with Crippen molar-refractivity contribution in [3.05, 3.63) is 86.5 Å². The number of aromatic nitrogens is 6. The normalized spacial score (nSPS) is 13.5. The fourth-order valence-electron chi connectivity index (χ4n) is 3.55. The number of carboxylic acids is 1. The highest BCUT2D eigenvalue weighted by Crippen LogP contribution is 2.26. The molecule has 0 saturated carbocycles. The molecule has 0 radical (unpaired) electrons. The van der Waals surface area contributed by atoms with Gasteiger partial charge in [-0.25, -0.2) is 19.0 Å².